The maximum atomic E-state index is 9.40. The van der Waals surface area contributed by atoms with Crippen molar-refractivity contribution in [2.24, 2.45) is 0 Å². The van der Waals surface area contributed by atoms with Crippen molar-refractivity contribution in [2.75, 3.05) is 26.4 Å². The second kappa shape index (κ2) is 13.3. The number of rotatable bonds is 14. The predicted octanol–water partition coefficient (Wildman–Crippen LogP) is 3.61. The Balaban J connectivity index is 1.70. The second-order valence-electron chi connectivity index (χ2n) is 7.79. The molecule has 2 rings (SSSR count). The van der Waals surface area contributed by atoms with E-state index in [4.69, 9.17) is 18.9 Å². The zero-order valence-corrected chi connectivity index (χ0v) is 19.0. The van der Waals surface area contributed by atoms with Gasteiger partial charge < -0.3 is 29.2 Å². The Morgan fingerprint density at radius 1 is 0.581 bits per heavy atom. The van der Waals surface area contributed by atoms with Crippen molar-refractivity contribution in [3.05, 3.63) is 59.7 Å². The van der Waals surface area contributed by atoms with E-state index in [0.717, 1.165) is 17.9 Å². The summed E-state index contributed by atoms with van der Waals surface area (Å²) in [5.41, 5.74) is 2.39. The minimum absolute atomic E-state index is 0.199. The molecule has 0 saturated carbocycles. The highest BCUT2D eigenvalue weighted by Crippen LogP contribution is 2.18. The molecule has 0 aliphatic carbocycles. The van der Waals surface area contributed by atoms with Gasteiger partial charge in [-0.1, -0.05) is 24.3 Å². The minimum atomic E-state index is -0.487. The van der Waals surface area contributed by atoms with Crippen LogP contribution in [0, 0.1) is 0 Å². The average Bonchev–Trinajstić information content (AvgIpc) is 2.76. The topological polar surface area (TPSA) is 77.4 Å². The average molecular weight is 433 g/mol. The number of hydrogen-bond acceptors (Lipinski definition) is 6. The first kappa shape index (κ1) is 25.1. The van der Waals surface area contributed by atoms with Crippen LogP contribution < -0.4 is 9.47 Å². The third-order valence-corrected chi connectivity index (χ3v) is 5.08. The van der Waals surface area contributed by atoms with Crippen LogP contribution in [0.3, 0.4) is 0 Å². The van der Waals surface area contributed by atoms with Crippen LogP contribution in [0.25, 0.3) is 0 Å². The van der Waals surface area contributed by atoms with Gasteiger partial charge in [0, 0.05) is 0 Å². The fourth-order valence-electron chi connectivity index (χ4n) is 2.71. The number of aliphatic hydroxyl groups excluding tert-OH is 2. The van der Waals surface area contributed by atoms with Gasteiger partial charge in [0.15, 0.2) is 0 Å². The molecular weight excluding hydrogens is 396 g/mol. The van der Waals surface area contributed by atoms with Crippen LogP contribution in [0.1, 0.15) is 38.8 Å². The van der Waals surface area contributed by atoms with Gasteiger partial charge in [-0.15, -0.1) is 0 Å². The first-order valence-corrected chi connectivity index (χ1v) is 10.9. The van der Waals surface area contributed by atoms with Gasteiger partial charge in [-0.2, -0.15) is 0 Å². The molecule has 6 heteroatoms. The molecule has 3 unspecified atom stereocenters. The molecule has 0 spiro atoms. The van der Waals surface area contributed by atoms with E-state index in [1.165, 1.54) is 11.1 Å². The van der Waals surface area contributed by atoms with Crippen LogP contribution in [-0.2, 0) is 15.9 Å². The largest absolute Gasteiger partial charge is 0.491 e. The van der Waals surface area contributed by atoms with Gasteiger partial charge >= 0.3 is 0 Å². The lowest BCUT2D eigenvalue weighted by Crippen LogP contribution is -2.24. The van der Waals surface area contributed by atoms with Gasteiger partial charge in [0.1, 0.15) is 24.7 Å². The van der Waals surface area contributed by atoms with E-state index in [2.05, 4.69) is 24.3 Å². The molecule has 4 atom stereocenters. The Bertz CT molecular complexity index is 663. The van der Waals surface area contributed by atoms with Crippen molar-refractivity contribution in [1.82, 2.24) is 0 Å². The summed E-state index contributed by atoms with van der Waals surface area (Å²) in [5, 5.41) is 18.8. The quantitative estimate of drug-likeness (QED) is 0.444. The molecule has 0 amide bonds. The number of hydrogen-bond donors (Lipinski definition) is 2. The lowest BCUT2D eigenvalue weighted by Gasteiger charge is -2.16. The monoisotopic (exact) mass is 432 g/mol. The maximum Gasteiger partial charge on any atom is 0.119 e. The molecule has 0 fully saturated rings. The third kappa shape index (κ3) is 9.70. The zero-order valence-electron chi connectivity index (χ0n) is 19.0. The molecule has 0 aromatic heterocycles. The Kier molecular flexibility index (Phi) is 10.8. The van der Waals surface area contributed by atoms with Gasteiger partial charge in [-0.3, -0.25) is 0 Å². The molecule has 0 bridgehead atoms. The Labute approximate surface area is 185 Å². The van der Waals surface area contributed by atoms with E-state index >= 15 is 0 Å². The highest BCUT2D eigenvalue weighted by molar-refractivity contribution is 5.34. The second-order valence-corrected chi connectivity index (χ2v) is 7.79. The van der Waals surface area contributed by atoms with E-state index < -0.39 is 12.2 Å². The molecule has 0 heterocycles. The van der Waals surface area contributed by atoms with Crippen LogP contribution in [-0.4, -0.2) is 61.1 Å². The minimum Gasteiger partial charge on any atom is -0.491 e. The summed E-state index contributed by atoms with van der Waals surface area (Å²) < 4.78 is 22.3. The van der Waals surface area contributed by atoms with E-state index in [1.807, 2.05) is 38.1 Å². The van der Waals surface area contributed by atoms with Crippen molar-refractivity contribution < 1.29 is 29.2 Å². The van der Waals surface area contributed by atoms with Crippen LogP contribution in [0.2, 0.25) is 0 Å². The Morgan fingerprint density at radius 2 is 0.935 bits per heavy atom. The molecule has 2 N–H and O–H groups in total. The van der Waals surface area contributed by atoms with Crippen molar-refractivity contribution in [3.8, 4) is 11.5 Å². The summed E-state index contributed by atoms with van der Waals surface area (Å²) in [4.78, 5) is 0. The molecule has 2 aromatic carbocycles. The molecule has 172 valence electrons. The maximum absolute atomic E-state index is 9.40. The molecule has 6 nitrogen and oxygen atoms in total. The number of aliphatic hydroxyl groups is 2. The van der Waals surface area contributed by atoms with Crippen LogP contribution >= 0.6 is 0 Å². The Morgan fingerprint density at radius 3 is 1.26 bits per heavy atom. The van der Waals surface area contributed by atoms with E-state index in [-0.39, 0.29) is 12.2 Å². The van der Waals surface area contributed by atoms with Crippen molar-refractivity contribution in [2.45, 2.75) is 58.5 Å². The molecule has 31 heavy (non-hydrogen) atoms. The van der Waals surface area contributed by atoms with Gasteiger partial charge in [0.25, 0.3) is 0 Å². The van der Waals surface area contributed by atoms with Crippen molar-refractivity contribution in [3.63, 3.8) is 0 Å². The molecular formula is C25H36O6. The lowest BCUT2D eigenvalue weighted by atomic mass is 10.0. The number of benzene rings is 2. The summed E-state index contributed by atoms with van der Waals surface area (Å²) in [5.74, 6) is 1.60. The van der Waals surface area contributed by atoms with Crippen molar-refractivity contribution in [1.29, 1.82) is 0 Å². The normalized spacial score (nSPS) is 15.2. The molecule has 2 aromatic rings. The van der Waals surface area contributed by atoms with Crippen LogP contribution in [0.5, 0.6) is 11.5 Å². The van der Waals surface area contributed by atoms with Gasteiger partial charge in [0.05, 0.1) is 37.6 Å². The lowest BCUT2D eigenvalue weighted by molar-refractivity contribution is -0.0271. The summed E-state index contributed by atoms with van der Waals surface area (Å²) >= 11 is 0. The van der Waals surface area contributed by atoms with Gasteiger partial charge in [-0.25, -0.2) is 0 Å². The van der Waals surface area contributed by atoms with E-state index in [9.17, 15) is 10.2 Å². The SMILES string of the molecule is CC(O)C(C)OCCOc1ccc(Cc2ccc(OCCO[C@@H](C)C(C)O)cc2)cc1. The standard InChI is InChI=1S/C25H36O6/c1-18(26)20(3)28-13-15-30-24-9-5-22(6-10-24)17-23-7-11-25(12-8-23)31-16-14-29-21(4)19(2)27/h5-12,18-21,26-27H,13-17H2,1-4H3/t18?,19?,20-,21?/m0/s1. The fraction of sp³-hybridized carbons (Fsp3) is 0.520. The van der Waals surface area contributed by atoms with E-state index in [0.29, 0.717) is 26.4 Å². The summed E-state index contributed by atoms with van der Waals surface area (Å²) in [6.45, 7) is 8.87. The molecule has 0 aliphatic rings. The summed E-state index contributed by atoms with van der Waals surface area (Å²) in [6, 6.07) is 16.1. The predicted molar refractivity (Wildman–Crippen MR) is 121 cm³/mol. The third-order valence-electron chi connectivity index (χ3n) is 5.08. The van der Waals surface area contributed by atoms with E-state index in [1.54, 1.807) is 13.8 Å². The summed E-state index contributed by atoms with van der Waals surface area (Å²) in [7, 11) is 0. The Hall–Kier alpha value is -2.12. The first-order chi connectivity index (χ1) is 14.8. The fourth-order valence-corrected chi connectivity index (χ4v) is 2.71. The molecule has 0 saturated heterocycles. The van der Waals surface area contributed by atoms with Gasteiger partial charge in [-0.05, 0) is 69.5 Å². The number of ether oxygens (including phenoxy) is 4. The smallest absolute Gasteiger partial charge is 0.119 e. The molecule has 0 aliphatic heterocycles. The first-order valence-electron chi connectivity index (χ1n) is 10.9. The zero-order chi connectivity index (χ0) is 22.6. The molecule has 0 radical (unpaired) electrons. The van der Waals surface area contributed by atoms with Crippen LogP contribution in [0.15, 0.2) is 48.5 Å². The van der Waals surface area contributed by atoms with Gasteiger partial charge in [0.2, 0.25) is 0 Å². The van der Waals surface area contributed by atoms with Crippen LogP contribution in [0.4, 0.5) is 0 Å². The highest BCUT2D eigenvalue weighted by atomic mass is 16.5. The highest BCUT2D eigenvalue weighted by Gasteiger charge is 2.09. The van der Waals surface area contributed by atoms with Crippen molar-refractivity contribution >= 4 is 0 Å². The summed E-state index contributed by atoms with van der Waals surface area (Å²) in [6.07, 6.45) is -0.549.